The van der Waals surface area contributed by atoms with E-state index in [1.165, 1.54) is 18.2 Å². The fraction of sp³-hybridized carbons (Fsp3) is 0.480. The number of benzene rings is 2. The molecule has 0 radical (unpaired) electrons. The van der Waals surface area contributed by atoms with Crippen LogP contribution in [0.25, 0.3) is 0 Å². The lowest BCUT2D eigenvalue weighted by Gasteiger charge is -2.27. The molecule has 0 amide bonds. The van der Waals surface area contributed by atoms with E-state index >= 15 is 0 Å². The van der Waals surface area contributed by atoms with E-state index in [9.17, 15) is 22.7 Å². The Hall–Kier alpha value is -2.65. The van der Waals surface area contributed by atoms with Crippen LogP contribution in [0.4, 0.5) is 15.8 Å². The van der Waals surface area contributed by atoms with Gasteiger partial charge >= 0.3 is 5.97 Å². The summed E-state index contributed by atoms with van der Waals surface area (Å²) >= 11 is 0. The normalized spacial score (nSPS) is 23.3. The van der Waals surface area contributed by atoms with E-state index in [1.807, 2.05) is 0 Å². The maximum Gasteiger partial charge on any atom is 0.341 e. The molecular weight excluding hydrogens is 459 g/mol. The van der Waals surface area contributed by atoms with Crippen molar-refractivity contribution in [3.63, 3.8) is 0 Å². The Bertz CT molecular complexity index is 1190. The molecule has 9 heteroatoms. The van der Waals surface area contributed by atoms with E-state index in [1.54, 1.807) is 12.1 Å². The van der Waals surface area contributed by atoms with Gasteiger partial charge in [-0.05, 0) is 86.5 Å². The maximum absolute atomic E-state index is 14.2. The molecule has 2 aromatic rings. The smallest absolute Gasteiger partial charge is 0.341 e. The van der Waals surface area contributed by atoms with Gasteiger partial charge in [-0.2, -0.15) is 0 Å². The second-order valence-corrected chi connectivity index (χ2v) is 10.3. The quantitative estimate of drug-likeness (QED) is 0.544. The number of carboxylic acids is 1. The highest BCUT2D eigenvalue weighted by Gasteiger charge is 2.45. The number of carbonyl (C=O) groups is 1. The predicted molar refractivity (Wildman–Crippen MR) is 127 cm³/mol. The number of aromatic carboxylic acids is 1. The molecule has 1 N–H and O–H groups in total. The van der Waals surface area contributed by atoms with E-state index in [0.717, 1.165) is 48.6 Å². The molecule has 1 saturated heterocycles. The van der Waals surface area contributed by atoms with Crippen LogP contribution >= 0.6 is 0 Å². The monoisotopic (exact) mass is 488 g/mol. The molecule has 3 aliphatic rings. The third-order valence-electron chi connectivity index (χ3n) is 7.46. The number of rotatable bonds is 8. The summed E-state index contributed by atoms with van der Waals surface area (Å²) in [7, 11) is -3.25. The molecule has 1 saturated carbocycles. The number of hydrogen-bond donors (Lipinski definition) is 2. The molecule has 7 nitrogen and oxygen atoms in total. The van der Waals surface area contributed by atoms with Gasteiger partial charge in [-0.1, -0.05) is 13.0 Å². The number of halogens is 1. The van der Waals surface area contributed by atoms with Crippen LogP contribution in [0.2, 0.25) is 0 Å². The fourth-order valence-electron chi connectivity index (χ4n) is 5.65. The van der Waals surface area contributed by atoms with Gasteiger partial charge in [0.05, 0.1) is 18.0 Å². The van der Waals surface area contributed by atoms with Gasteiger partial charge in [0.15, 0.2) is 0 Å². The third-order valence-corrected chi connectivity index (χ3v) is 8.21. The Balaban J connectivity index is 1.55. The molecule has 0 bridgehead atoms. The van der Waals surface area contributed by atoms with Crippen molar-refractivity contribution in [3.8, 4) is 5.75 Å². The standard InChI is InChI=1S/C25H29FN2O5S/c1-2-27-11-3-4-18(27)7-5-15-12-17(26)6-9-21(15)28(34(31)32)22-10-8-19-20-13-16(20)14-33-24(19)23(22)25(29)30/h6,8-10,12,16,18,20,34H,2-5,7,11,13-14H2,1H3,(H,29,30)/t16-,18+,20-/m0/s1. The van der Waals surface area contributed by atoms with E-state index < -0.39 is 22.7 Å². The van der Waals surface area contributed by atoms with E-state index in [2.05, 4.69) is 11.8 Å². The zero-order valence-electron chi connectivity index (χ0n) is 19.1. The summed E-state index contributed by atoms with van der Waals surface area (Å²) in [5, 5.41) is 10.0. The Kier molecular flexibility index (Phi) is 6.24. The Morgan fingerprint density at radius 3 is 2.79 bits per heavy atom. The summed E-state index contributed by atoms with van der Waals surface area (Å²) in [6, 6.07) is 7.67. The molecule has 2 fully saturated rings. The van der Waals surface area contributed by atoms with Gasteiger partial charge in [0.2, 0.25) is 10.9 Å². The van der Waals surface area contributed by atoms with Crippen LogP contribution in [0.5, 0.6) is 5.75 Å². The van der Waals surface area contributed by atoms with Crippen molar-refractivity contribution < 1.29 is 27.4 Å². The molecule has 5 rings (SSSR count). The highest BCUT2D eigenvalue weighted by atomic mass is 32.2. The zero-order chi connectivity index (χ0) is 24.0. The first-order valence-corrected chi connectivity index (χ1v) is 13.0. The topological polar surface area (TPSA) is 87.2 Å². The van der Waals surface area contributed by atoms with Crippen LogP contribution in [0.1, 0.15) is 60.0 Å². The van der Waals surface area contributed by atoms with Crippen LogP contribution in [-0.4, -0.2) is 50.1 Å². The molecule has 0 aromatic heterocycles. The lowest BCUT2D eigenvalue weighted by molar-refractivity contribution is 0.0692. The molecule has 3 atom stereocenters. The van der Waals surface area contributed by atoms with Gasteiger partial charge < -0.3 is 14.7 Å². The van der Waals surface area contributed by atoms with Gasteiger partial charge in [0.25, 0.3) is 0 Å². The highest BCUT2D eigenvalue weighted by molar-refractivity contribution is 7.74. The Labute approximate surface area is 200 Å². The van der Waals surface area contributed by atoms with Crippen molar-refractivity contribution in [1.82, 2.24) is 4.90 Å². The number of ether oxygens (including phenoxy) is 1. The van der Waals surface area contributed by atoms with Crippen molar-refractivity contribution in [1.29, 1.82) is 0 Å². The van der Waals surface area contributed by atoms with E-state index in [-0.39, 0.29) is 28.6 Å². The van der Waals surface area contributed by atoms with Gasteiger partial charge in [0.1, 0.15) is 17.1 Å². The van der Waals surface area contributed by atoms with Crippen molar-refractivity contribution >= 4 is 28.2 Å². The molecule has 0 spiro atoms. The lowest BCUT2D eigenvalue weighted by atomic mass is 9.98. The van der Waals surface area contributed by atoms with Crippen molar-refractivity contribution in [2.24, 2.45) is 5.92 Å². The van der Waals surface area contributed by atoms with Gasteiger partial charge in [-0.3, -0.25) is 0 Å². The number of thiol groups is 1. The van der Waals surface area contributed by atoms with E-state index in [4.69, 9.17) is 4.74 Å². The lowest BCUT2D eigenvalue weighted by Crippen LogP contribution is -2.29. The Morgan fingerprint density at radius 1 is 1.26 bits per heavy atom. The first-order valence-electron chi connectivity index (χ1n) is 11.9. The maximum atomic E-state index is 14.2. The van der Waals surface area contributed by atoms with E-state index in [0.29, 0.717) is 30.6 Å². The van der Waals surface area contributed by atoms with Crippen LogP contribution in [0.15, 0.2) is 30.3 Å². The molecule has 2 aromatic carbocycles. The molecule has 2 heterocycles. The highest BCUT2D eigenvalue weighted by Crippen LogP contribution is 2.56. The van der Waals surface area contributed by atoms with Gasteiger partial charge in [0, 0.05) is 12.0 Å². The average Bonchev–Trinajstić information content (AvgIpc) is 3.47. The number of carboxylic acid groups (broad SMARTS) is 1. The minimum atomic E-state index is -3.25. The summed E-state index contributed by atoms with van der Waals surface area (Å²) in [6.45, 7) is 4.53. The summed E-state index contributed by atoms with van der Waals surface area (Å²) in [5.74, 6) is -0.792. The molecular formula is C25H29FN2O5S. The summed E-state index contributed by atoms with van der Waals surface area (Å²) in [4.78, 5) is 14.7. The van der Waals surface area contributed by atoms with Gasteiger partial charge in [-0.25, -0.2) is 21.9 Å². The number of hydrogen-bond acceptors (Lipinski definition) is 5. The van der Waals surface area contributed by atoms with Crippen molar-refractivity contribution in [2.75, 3.05) is 24.0 Å². The zero-order valence-corrected chi connectivity index (χ0v) is 20.0. The SMILES string of the molecule is CCN1CCC[C@@H]1CCc1cc(F)ccc1N(c1ccc2c(c1C(=O)O)OC[C@@H]1C[C@H]21)[SH](=O)=O. The summed E-state index contributed by atoms with van der Waals surface area (Å²) in [5.41, 5.74) is 1.50. The van der Waals surface area contributed by atoms with Gasteiger partial charge in [-0.15, -0.1) is 0 Å². The largest absolute Gasteiger partial charge is 0.492 e. The second-order valence-electron chi connectivity index (χ2n) is 9.38. The molecule has 2 aliphatic heterocycles. The first-order chi connectivity index (χ1) is 16.4. The molecule has 1 aliphatic carbocycles. The number of anilines is 2. The molecule has 34 heavy (non-hydrogen) atoms. The van der Waals surface area contributed by atoms with Crippen LogP contribution < -0.4 is 9.04 Å². The number of fused-ring (bicyclic) bond motifs is 3. The first kappa shape index (κ1) is 23.1. The van der Waals surface area contributed by atoms with Crippen LogP contribution in [0, 0.1) is 11.7 Å². The molecule has 0 unspecified atom stereocenters. The number of likely N-dealkylation sites (tertiary alicyclic amines) is 1. The van der Waals surface area contributed by atoms with Crippen molar-refractivity contribution in [2.45, 2.75) is 51.0 Å². The summed E-state index contributed by atoms with van der Waals surface area (Å²) in [6.07, 6.45) is 4.39. The fourth-order valence-corrected chi connectivity index (χ4v) is 6.36. The Morgan fingerprint density at radius 2 is 2.06 bits per heavy atom. The minimum absolute atomic E-state index is 0.0189. The molecule has 182 valence electrons. The summed E-state index contributed by atoms with van der Waals surface area (Å²) < 4.78 is 46.1. The second kappa shape index (κ2) is 9.19. The van der Waals surface area contributed by atoms with Crippen LogP contribution in [0.3, 0.4) is 0 Å². The minimum Gasteiger partial charge on any atom is -0.492 e. The average molecular weight is 489 g/mol. The van der Waals surface area contributed by atoms with Crippen LogP contribution in [-0.2, 0) is 17.3 Å². The number of aryl methyl sites for hydroxylation is 1. The number of nitrogens with zero attached hydrogens (tertiary/aromatic N) is 2. The third kappa shape index (κ3) is 4.15. The van der Waals surface area contributed by atoms with Crippen molar-refractivity contribution in [3.05, 3.63) is 52.8 Å². The predicted octanol–water partition coefficient (Wildman–Crippen LogP) is 4.10.